The molecule has 102 valence electrons. The predicted octanol–water partition coefficient (Wildman–Crippen LogP) is 2.10. The second-order valence-electron chi connectivity index (χ2n) is 3.71. The summed E-state index contributed by atoms with van der Waals surface area (Å²) >= 11 is 6.11. The molecule has 0 saturated carbocycles. The Bertz CT molecular complexity index is 347. The van der Waals surface area contributed by atoms with E-state index in [1.807, 2.05) is 25.2 Å². The number of hydrogen-bond acceptors (Lipinski definition) is 4. The molecule has 0 heterocycles. The van der Waals surface area contributed by atoms with Gasteiger partial charge in [-0.3, -0.25) is 0 Å². The zero-order valence-corrected chi connectivity index (χ0v) is 11.6. The standard InChI is InChI=1S/C13H20ClNO3/c1-15-10-11-4-3-5-12(14)13(11)18-9-8-17-7-6-16-2/h3-5,15H,6-10H2,1-2H3. The molecule has 0 atom stereocenters. The van der Waals surface area contributed by atoms with E-state index < -0.39 is 0 Å². The lowest BCUT2D eigenvalue weighted by atomic mass is 10.2. The molecule has 0 amide bonds. The smallest absolute Gasteiger partial charge is 0.142 e. The van der Waals surface area contributed by atoms with Gasteiger partial charge in [-0.15, -0.1) is 0 Å². The SMILES string of the molecule is CNCc1cccc(Cl)c1OCCOCCOC. The van der Waals surface area contributed by atoms with Gasteiger partial charge in [0.1, 0.15) is 12.4 Å². The molecule has 0 bridgehead atoms. The van der Waals surface area contributed by atoms with Crippen LogP contribution in [0.4, 0.5) is 0 Å². The summed E-state index contributed by atoms with van der Waals surface area (Å²) < 4.78 is 15.9. The van der Waals surface area contributed by atoms with Crippen molar-refractivity contribution in [2.24, 2.45) is 0 Å². The third-order valence-electron chi connectivity index (χ3n) is 2.32. The van der Waals surface area contributed by atoms with Gasteiger partial charge in [-0.1, -0.05) is 23.7 Å². The van der Waals surface area contributed by atoms with Gasteiger partial charge >= 0.3 is 0 Å². The molecule has 18 heavy (non-hydrogen) atoms. The number of methoxy groups -OCH3 is 1. The van der Waals surface area contributed by atoms with Crippen molar-refractivity contribution in [3.05, 3.63) is 28.8 Å². The van der Waals surface area contributed by atoms with E-state index in [4.69, 9.17) is 25.8 Å². The van der Waals surface area contributed by atoms with Crippen molar-refractivity contribution in [1.82, 2.24) is 5.32 Å². The van der Waals surface area contributed by atoms with Crippen LogP contribution in [-0.4, -0.2) is 40.6 Å². The molecular weight excluding hydrogens is 254 g/mol. The highest BCUT2D eigenvalue weighted by Crippen LogP contribution is 2.28. The van der Waals surface area contributed by atoms with Gasteiger partial charge < -0.3 is 19.5 Å². The number of para-hydroxylation sites is 1. The molecule has 0 spiro atoms. The molecule has 1 rings (SSSR count). The number of nitrogens with one attached hydrogen (secondary N) is 1. The van der Waals surface area contributed by atoms with E-state index in [0.29, 0.717) is 31.5 Å². The highest BCUT2D eigenvalue weighted by molar-refractivity contribution is 6.32. The van der Waals surface area contributed by atoms with Crippen LogP contribution in [0.5, 0.6) is 5.75 Å². The molecule has 0 radical (unpaired) electrons. The molecule has 0 aliphatic carbocycles. The Kier molecular flexibility index (Phi) is 7.76. The van der Waals surface area contributed by atoms with Crippen LogP contribution in [0, 0.1) is 0 Å². The summed E-state index contributed by atoms with van der Waals surface area (Å²) in [5.74, 6) is 0.726. The fraction of sp³-hybridized carbons (Fsp3) is 0.538. The minimum Gasteiger partial charge on any atom is -0.489 e. The molecule has 0 aliphatic heterocycles. The van der Waals surface area contributed by atoms with Crippen molar-refractivity contribution in [2.45, 2.75) is 6.54 Å². The van der Waals surface area contributed by atoms with Crippen molar-refractivity contribution in [1.29, 1.82) is 0 Å². The molecule has 1 aromatic carbocycles. The van der Waals surface area contributed by atoms with Crippen molar-refractivity contribution in [3.63, 3.8) is 0 Å². The first-order valence-corrected chi connectivity index (χ1v) is 6.29. The molecule has 5 heteroatoms. The van der Waals surface area contributed by atoms with E-state index >= 15 is 0 Å². The Morgan fingerprint density at radius 2 is 1.94 bits per heavy atom. The maximum Gasteiger partial charge on any atom is 0.142 e. The number of hydrogen-bond donors (Lipinski definition) is 1. The molecule has 0 aliphatic rings. The first-order chi connectivity index (χ1) is 8.79. The Labute approximate surface area is 113 Å². The van der Waals surface area contributed by atoms with E-state index in [1.54, 1.807) is 7.11 Å². The first-order valence-electron chi connectivity index (χ1n) is 5.91. The van der Waals surface area contributed by atoms with Gasteiger partial charge in [0.15, 0.2) is 0 Å². The molecular formula is C13H20ClNO3. The Hall–Kier alpha value is -0.810. The van der Waals surface area contributed by atoms with Gasteiger partial charge in [0.2, 0.25) is 0 Å². The summed E-state index contributed by atoms with van der Waals surface area (Å²) in [6, 6.07) is 5.72. The molecule has 0 saturated heterocycles. The van der Waals surface area contributed by atoms with Crippen molar-refractivity contribution in [3.8, 4) is 5.75 Å². The number of halogens is 1. The third-order valence-corrected chi connectivity index (χ3v) is 2.62. The van der Waals surface area contributed by atoms with Crippen LogP contribution in [0.25, 0.3) is 0 Å². The third kappa shape index (κ3) is 5.23. The maximum atomic E-state index is 6.11. The summed E-state index contributed by atoms with van der Waals surface area (Å²) in [6.07, 6.45) is 0. The van der Waals surface area contributed by atoms with E-state index in [-0.39, 0.29) is 0 Å². The van der Waals surface area contributed by atoms with E-state index in [1.165, 1.54) is 0 Å². The summed E-state index contributed by atoms with van der Waals surface area (Å²) in [7, 11) is 3.53. The van der Waals surface area contributed by atoms with Crippen molar-refractivity contribution in [2.75, 3.05) is 40.6 Å². The van der Waals surface area contributed by atoms with Crippen LogP contribution in [-0.2, 0) is 16.0 Å². The average molecular weight is 274 g/mol. The summed E-state index contributed by atoms with van der Waals surface area (Å²) in [4.78, 5) is 0. The number of ether oxygens (including phenoxy) is 3. The van der Waals surface area contributed by atoms with Gasteiger partial charge in [-0.2, -0.15) is 0 Å². The van der Waals surface area contributed by atoms with Crippen LogP contribution in [0.2, 0.25) is 5.02 Å². The van der Waals surface area contributed by atoms with Crippen LogP contribution >= 0.6 is 11.6 Å². The average Bonchev–Trinajstić information content (AvgIpc) is 2.36. The Morgan fingerprint density at radius 3 is 2.67 bits per heavy atom. The second kappa shape index (κ2) is 9.16. The highest BCUT2D eigenvalue weighted by Gasteiger charge is 2.07. The summed E-state index contributed by atoms with van der Waals surface area (Å²) in [5.41, 5.74) is 1.04. The van der Waals surface area contributed by atoms with Gasteiger partial charge in [-0.25, -0.2) is 0 Å². The minimum atomic E-state index is 0.476. The molecule has 0 fully saturated rings. The van der Waals surface area contributed by atoms with Crippen LogP contribution in [0.3, 0.4) is 0 Å². The quantitative estimate of drug-likeness (QED) is 0.700. The molecule has 0 unspecified atom stereocenters. The zero-order chi connectivity index (χ0) is 13.2. The Morgan fingerprint density at radius 1 is 1.17 bits per heavy atom. The molecule has 1 N–H and O–H groups in total. The highest BCUT2D eigenvalue weighted by atomic mass is 35.5. The van der Waals surface area contributed by atoms with E-state index in [0.717, 1.165) is 17.9 Å². The van der Waals surface area contributed by atoms with Crippen molar-refractivity contribution < 1.29 is 14.2 Å². The van der Waals surface area contributed by atoms with Gasteiger partial charge in [0.05, 0.1) is 24.8 Å². The lowest BCUT2D eigenvalue weighted by Crippen LogP contribution is -2.12. The fourth-order valence-electron chi connectivity index (χ4n) is 1.49. The lowest BCUT2D eigenvalue weighted by Gasteiger charge is -2.13. The second-order valence-corrected chi connectivity index (χ2v) is 4.12. The maximum absolute atomic E-state index is 6.11. The first kappa shape index (κ1) is 15.2. The minimum absolute atomic E-state index is 0.476. The van der Waals surface area contributed by atoms with Crippen LogP contribution in [0.1, 0.15) is 5.56 Å². The zero-order valence-electron chi connectivity index (χ0n) is 10.9. The number of benzene rings is 1. The largest absolute Gasteiger partial charge is 0.489 e. The lowest BCUT2D eigenvalue weighted by molar-refractivity contribution is 0.0543. The van der Waals surface area contributed by atoms with E-state index in [9.17, 15) is 0 Å². The normalized spacial score (nSPS) is 10.6. The van der Waals surface area contributed by atoms with Crippen LogP contribution < -0.4 is 10.1 Å². The van der Waals surface area contributed by atoms with Gasteiger partial charge in [0, 0.05) is 19.2 Å². The molecule has 4 nitrogen and oxygen atoms in total. The fourth-order valence-corrected chi connectivity index (χ4v) is 1.74. The molecule has 1 aromatic rings. The Balaban J connectivity index is 2.40. The number of rotatable bonds is 9. The summed E-state index contributed by atoms with van der Waals surface area (Å²) in [6.45, 7) is 2.89. The predicted molar refractivity (Wildman–Crippen MR) is 72.4 cm³/mol. The molecule has 0 aromatic heterocycles. The van der Waals surface area contributed by atoms with Crippen LogP contribution in [0.15, 0.2) is 18.2 Å². The monoisotopic (exact) mass is 273 g/mol. The van der Waals surface area contributed by atoms with Crippen molar-refractivity contribution >= 4 is 11.6 Å². The van der Waals surface area contributed by atoms with Gasteiger partial charge in [-0.05, 0) is 13.1 Å². The van der Waals surface area contributed by atoms with Gasteiger partial charge in [0.25, 0.3) is 0 Å². The topological polar surface area (TPSA) is 39.7 Å². The summed E-state index contributed by atoms with van der Waals surface area (Å²) in [5, 5.41) is 3.71. The van der Waals surface area contributed by atoms with E-state index in [2.05, 4.69) is 5.32 Å².